The van der Waals surface area contributed by atoms with Gasteiger partial charge in [0.05, 0.1) is 22.5 Å². The van der Waals surface area contributed by atoms with E-state index in [2.05, 4.69) is 4.98 Å². The normalized spacial score (nSPS) is 15.0. The Kier molecular flexibility index (Phi) is 3.46. The molecule has 1 heterocycles. The summed E-state index contributed by atoms with van der Waals surface area (Å²) in [5.74, 6) is -0.210. The van der Waals surface area contributed by atoms with Crippen LogP contribution in [0, 0.1) is 6.92 Å². The quantitative estimate of drug-likeness (QED) is 0.751. The number of aliphatic imine (C=N–C) groups is 1. The molecule has 3 aromatic rings. The summed E-state index contributed by atoms with van der Waals surface area (Å²) >= 11 is 0. The van der Waals surface area contributed by atoms with Crippen LogP contribution in [0.1, 0.15) is 23.7 Å². The topological polar surface area (TPSA) is 62.5 Å². The molecule has 0 unspecified atom stereocenters. The minimum atomic E-state index is -0.207. The summed E-state index contributed by atoms with van der Waals surface area (Å²) in [5.41, 5.74) is 4.69. The molecule has 4 heteroatoms. The van der Waals surface area contributed by atoms with Crippen LogP contribution in [-0.4, -0.2) is 21.6 Å². The summed E-state index contributed by atoms with van der Waals surface area (Å²) in [5, 5.41) is 11.4. The van der Waals surface area contributed by atoms with Crippen molar-refractivity contribution in [3.05, 3.63) is 77.0 Å². The molecule has 0 bridgehead atoms. The Morgan fingerprint density at radius 3 is 2.52 bits per heavy atom. The van der Waals surface area contributed by atoms with Crippen LogP contribution in [-0.2, 0) is 4.79 Å². The predicted octanol–water partition coefficient (Wildman–Crippen LogP) is 4.54. The number of carbonyl (C=O) groups is 1. The molecule has 0 radical (unpaired) electrons. The number of aryl methyl sites for hydroxylation is 1. The number of ketones is 1. The van der Waals surface area contributed by atoms with Crippen LogP contribution >= 0.6 is 0 Å². The first kappa shape index (κ1) is 15.3. The number of aromatic nitrogens is 1. The number of hydrogen-bond donors (Lipinski definition) is 1. The molecule has 0 aliphatic heterocycles. The monoisotopic (exact) mass is 328 g/mol. The van der Waals surface area contributed by atoms with Crippen LogP contribution < -0.4 is 0 Å². The smallest absolute Gasteiger partial charge is 0.165 e. The fraction of sp³-hybridized carbons (Fsp3) is 0.0952. The maximum atomic E-state index is 12.1. The Labute approximate surface area is 145 Å². The molecule has 0 saturated carbocycles. The molecule has 2 aromatic carbocycles. The molecule has 4 nitrogen and oxygen atoms in total. The van der Waals surface area contributed by atoms with Gasteiger partial charge in [-0.25, -0.2) is 4.99 Å². The lowest BCUT2D eigenvalue weighted by Crippen LogP contribution is -2.08. The molecule has 4 rings (SSSR count). The van der Waals surface area contributed by atoms with E-state index in [1.54, 1.807) is 6.07 Å². The van der Waals surface area contributed by atoms with Gasteiger partial charge < -0.3 is 5.11 Å². The maximum Gasteiger partial charge on any atom is 0.165 e. The van der Waals surface area contributed by atoms with Gasteiger partial charge in [-0.1, -0.05) is 30.3 Å². The summed E-state index contributed by atoms with van der Waals surface area (Å²) in [6.45, 7) is 3.39. The van der Waals surface area contributed by atoms with Gasteiger partial charge in [-0.2, -0.15) is 0 Å². The molecule has 1 aliphatic carbocycles. The minimum Gasteiger partial charge on any atom is -0.506 e. The molecular formula is C21H16N2O2. The third-order valence-corrected chi connectivity index (χ3v) is 4.34. The van der Waals surface area contributed by atoms with Gasteiger partial charge in [0.1, 0.15) is 5.76 Å². The van der Waals surface area contributed by atoms with Crippen molar-refractivity contribution in [2.45, 2.75) is 13.8 Å². The van der Waals surface area contributed by atoms with E-state index in [0.717, 1.165) is 27.8 Å². The second-order valence-electron chi connectivity index (χ2n) is 6.08. The molecule has 0 spiro atoms. The molecule has 25 heavy (non-hydrogen) atoms. The zero-order valence-electron chi connectivity index (χ0n) is 13.9. The second-order valence-corrected chi connectivity index (χ2v) is 6.08. The average Bonchev–Trinajstić information content (AvgIpc) is 2.87. The fourth-order valence-electron chi connectivity index (χ4n) is 3.19. The lowest BCUT2D eigenvalue weighted by Gasteiger charge is -2.06. The molecule has 0 amide bonds. The van der Waals surface area contributed by atoms with Gasteiger partial charge >= 0.3 is 0 Å². The predicted molar refractivity (Wildman–Crippen MR) is 99.3 cm³/mol. The van der Waals surface area contributed by atoms with Crippen LogP contribution in [0.4, 0.5) is 5.69 Å². The Morgan fingerprint density at radius 2 is 1.76 bits per heavy atom. The Balaban J connectivity index is 1.99. The standard InChI is InChI=1S/C21H16N2O2/c1-12-10-11-16-17(22-12)8-5-9-18(16)23-20-14-6-3-4-7-15(14)21(25)19(20)13(2)24/h3-11,25H,1-2H3. The summed E-state index contributed by atoms with van der Waals surface area (Å²) in [4.78, 5) is 21.4. The molecule has 1 aromatic heterocycles. The van der Waals surface area contributed by atoms with Crippen molar-refractivity contribution in [1.29, 1.82) is 0 Å². The summed E-state index contributed by atoms with van der Waals surface area (Å²) in [6, 6.07) is 17.0. The van der Waals surface area contributed by atoms with E-state index in [1.807, 2.05) is 55.5 Å². The Hall–Kier alpha value is -3.27. The molecule has 0 atom stereocenters. The molecule has 0 saturated heterocycles. The number of Topliss-reactive ketones (excluding diaryl/α,β-unsaturated/α-hetero) is 1. The van der Waals surface area contributed by atoms with Gasteiger partial charge in [-0.05, 0) is 38.1 Å². The molecular weight excluding hydrogens is 312 g/mol. The van der Waals surface area contributed by atoms with E-state index >= 15 is 0 Å². The maximum absolute atomic E-state index is 12.1. The fourth-order valence-corrected chi connectivity index (χ4v) is 3.19. The lowest BCUT2D eigenvalue weighted by atomic mass is 10.0. The van der Waals surface area contributed by atoms with Gasteiger partial charge in [0.25, 0.3) is 0 Å². The molecule has 0 fully saturated rings. The zero-order valence-corrected chi connectivity index (χ0v) is 13.9. The summed E-state index contributed by atoms with van der Waals surface area (Å²) in [7, 11) is 0. The van der Waals surface area contributed by atoms with Crippen LogP contribution in [0.25, 0.3) is 16.7 Å². The number of pyridine rings is 1. The largest absolute Gasteiger partial charge is 0.506 e. The highest BCUT2D eigenvalue weighted by molar-refractivity contribution is 6.36. The van der Waals surface area contributed by atoms with Crippen molar-refractivity contribution in [3.8, 4) is 0 Å². The number of rotatable bonds is 2. The van der Waals surface area contributed by atoms with Gasteiger partial charge in [-0.15, -0.1) is 0 Å². The number of aliphatic hydroxyl groups is 1. The number of carbonyl (C=O) groups excluding carboxylic acids is 1. The van der Waals surface area contributed by atoms with Gasteiger partial charge in [0.2, 0.25) is 0 Å². The SMILES string of the molecule is CC(=O)C1=C(O)c2ccccc2C1=Nc1cccc2nc(C)ccc12. The van der Waals surface area contributed by atoms with Crippen LogP contribution in [0.2, 0.25) is 0 Å². The first-order valence-electron chi connectivity index (χ1n) is 8.05. The zero-order chi connectivity index (χ0) is 17.6. The number of benzene rings is 2. The highest BCUT2D eigenvalue weighted by Gasteiger charge is 2.30. The number of hydrogen-bond acceptors (Lipinski definition) is 4. The average molecular weight is 328 g/mol. The first-order chi connectivity index (χ1) is 12.1. The number of allylic oxidation sites excluding steroid dienone is 1. The van der Waals surface area contributed by atoms with Crippen molar-refractivity contribution >= 4 is 33.8 Å². The third kappa shape index (κ3) is 2.43. The van der Waals surface area contributed by atoms with Crippen LogP contribution in [0.15, 0.2) is 65.2 Å². The van der Waals surface area contributed by atoms with E-state index < -0.39 is 0 Å². The molecule has 1 aliphatic rings. The van der Waals surface area contributed by atoms with Crippen molar-refractivity contribution in [2.75, 3.05) is 0 Å². The van der Waals surface area contributed by atoms with Crippen LogP contribution in [0.5, 0.6) is 0 Å². The minimum absolute atomic E-state index is 0.00365. The van der Waals surface area contributed by atoms with Gasteiger partial charge in [0.15, 0.2) is 5.78 Å². The second kappa shape index (κ2) is 5.67. The van der Waals surface area contributed by atoms with Crippen molar-refractivity contribution in [2.24, 2.45) is 4.99 Å². The van der Waals surface area contributed by atoms with Crippen molar-refractivity contribution < 1.29 is 9.90 Å². The van der Waals surface area contributed by atoms with Gasteiger partial charge in [-0.3, -0.25) is 9.78 Å². The molecule has 1 N–H and O–H groups in total. The Bertz CT molecular complexity index is 1090. The van der Waals surface area contributed by atoms with Crippen LogP contribution in [0.3, 0.4) is 0 Å². The van der Waals surface area contributed by atoms with Gasteiger partial charge in [0, 0.05) is 22.2 Å². The third-order valence-electron chi connectivity index (χ3n) is 4.34. The van der Waals surface area contributed by atoms with E-state index in [1.165, 1.54) is 6.92 Å². The van der Waals surface area contributed by atoms with E-state index in [9.17, 15) is 9.90 Å². The summed E-state index contributed by atoms with van der Waals surface area (Å²) in [6.07, 6.45) is 0. The van der Waals surface area contributed by atoms with E-state index in [4.69, 9.17) is 4.99 Å². The summed E-state index contributed by atoms with van der Waals surface area (Å²) < 4.78 is 0. The number of nitrogens with zero attached hydrogens (tertiary/aromatic N) is 2. The van der Waals surface area contributed by atoms with E-state index in [-0.39, 0.29) is 17.1 Å². The van der Waals surface area contributed by atoms with Crippen molar-refractivity contribution in [1.82, 2.24) is 4.98 Å². The van der Waals surface area contributed by atoms with Crippen molar-refractivity contribution in [3.63, 3.8) is 0 Å². The van der Waals surface area contributed by atoms with E-state index in [0.29, 0.717) is 11.3 Å². The highest BCUT2D eigenvalue weighted by Crippen LogP contribution is 2.35. The Morgan fingerprint density at radius 1 is 1.00 bits per heavy atom. The lowest BCUT2D eigenvalue weighted by molar-refractivity contribution is -0.113. The highest BCUT2D eigenvalue weighted by atomic mass is 16.3. The number of aliphatic hydroxyl groups excluding tert-OH is 1. The number of fused-ring (bicyclic) bond motifs is 2. The molecule has 122 valence electrons. The first-order valence-corrected chi connectivity index (χ1v) is 8.05.